The number of phenolic OH excluding ortho intramolecular Hbond substituents is 1. The molecule has 0 saturated carbocycles. The van der Waals surface area contributed by atoms with Crippen molar-refractivity contribution in [1.82, 2.24) is 15.0 Å². The molecule has 0 atom stereocenters. The monoisotopic (exact) mass is 405 g/mol. The van der Waals surface area contributed by atoms with Crippen LogP contribution < -0.4 is 11.1 Å². The third-order valence-electron chi connectivity index (χ3n) is 4.40. The van der Waals surface area contributed by atoms with Crippen molar-refractivity contribution >= 4 is 28.6 Å². The van der Waals surface area contributed by atoms with Crippen LogP contribution in [0.1, 0.15) is 12.1 Å². The van der Waals surface area contributed by atoms with Crippen LogP contribution in [-0.4, -0.2) is 26.0 Å². The van der Waals surface area contributed by atoms with E-state index in [1.54, 1.807) is 52.5 Å². The number of hydrogen-bond acceptors (Lipinski definition) is 6. The maximum absolute atomic E-state index is 12.4. The lowest BCUT2D eigenvalue weighted by atomic mass is 10.1. The summed E-state index contributed by atoms with van der Waals surface area (Å²) in [6, 6.07) is 16.3. The molecule has 2 aromatic carbocycles. The second kappa shape index (κ2) is 8.15. The van der Waals surface area contributed by atoms with Gasteiger partial charge in [-0.25, -0.2) is 4.68 Å². The van der Waals surface area contributed by atoms with Gasteiger partial charge in [0.05, 0.1) is 29.0 Å². The lowest BCUT2D eigenvalue weighted by Crippen LogP contribution is -2.13. The number of hydrogen-bond donors (Lipinski definition) is 3. The van der Waals surface area contributed by atoms with Gasteiger partial charge in [0.2, 0.25) is 5.91 Å². The summed E-state index contributed by atoms with van der Waals surface area (Å²) >= 11 is 1.63. The topological polar surface area (TPSA) is 106 Å². The Bertz CT molecular complexity index is 1120. The Hall–Kier alpha value is -3.65. The third kappa shape index (κ3) is 4.44. The van der Waals surface area contributed by atoms with Crippen molar-refractivity contribution in [2.45, 2.75) is 12.8 Å². The number of aromatic hydroxyl groups is 1. The van der Waals surface area contributed by atoms with Crippen LogP contribution in [0.3, 0.4) is 0 Å². The molecule has 0 aliphatic carbocycles. The summed E-state index contributed by atoms with van der Waals surface area (Å²) in [5.74, 6) is 0.0485. The number of aromatic nitrogens is 3. The Balaban J connectivity index is 1.38. The molecule has 0 spiro atoms. The predicted molar refractivity (Wildman–Crippen MR) is 114 cm³/mol. The molecule has 0 aliphatic rings. The van der Waals surface area contributed by atoms with Crippen LogP contribution in [0.5, 0.6) is 5.75 Å². The number of anilines is 2. The molecule has 2 aromatic heterocycles. The average molecular weight is 405 g/mol. The van der Waals surface area contributed by atoms with E-state index in [4.69, 9.17) is 5.73 Å². The van der Waals surface area contributed by atoms with E-state index in [0.717, 1.165) is 16.1 Å². The Morgan fingerprint density at radius 1 is 1.17 bits per heavy atom. The van der Waals surface area contributed by atoms with Gasteiger partial charge in [-0.15, -0.1) is 16.4 Å². The second-order valence-electron chi connectivity index (χ2n) is 6.50. The van der Waals surface area contributed by atoms with Gasteiger partial charge in [-0.05, 0) is 53.4 Å². The fourth-order valence-electron chi connectivity index (χ4n) is 2.86. The highest BCUT2D eigenvalue weighted by molar-refractivity contribution is 7.13. The normalized spacial score (nSPS) is 10.8. The number of nitrogens with zero attached hydrogens (tertiary/aromatic N) is 3. The van der Waals surface area contributed by atoms with Crippen LogP contribution in [-0.2, 0) is 11.2 Å². The quantitative estimate of drug-likeness (QED) is 0.423. The minimum Gasteiger partial charge on any atom is -0.508 e. The number of carbonyl (C=O) groups excluding carboxylic acids is 1. The third-order valence-corrected chi connectivity index (χ3v) is 5.32. The molecule has 0 saturated heterocycles. The number of nitrogens with one attached hydrogen (secondary N) is 1. The van der Waals surface area contributed by atoms with Crippen LogP contribution >= 0.6 is 11.3 Å². The molecule has 0 bridgehead atoms. The maximum Gasteiger partial charge on any atom is 0.224 e. The number of nitrogen functional groups attached to an aromatic ring is 1. The molecule has 7 nitrogen and oxygen atoms in total. The smallest absolute Gasteiger partial charge is 0.224 e. The standard InChI is InChI=1S/C21H19N5O2S/c22-18-9-3-14(20-2-1-11-29-20)12-19(18)23-21(28)10-4-15-13-26(25-24-15)16-5-7-17(27)8-6-16/h1-3,5-9,11-13,27H,4,10,22H2,(H,23,28). The summed E-state index contributed by atoms with van der Waals surface area (Å²) < 4.78 is 1.61. The molecule has 0 aliphatic heterocycles. The summed E-state index contributed by atoms with van der Waals surface area (Å²) in [7, 11) is 0. The first-order chi connectivity index (χ1) is 14.1. The van der Waals surface area contributed by atoms with E-state index >= 15 is 0 Å². The summed E-state index contributed by atoms with van der Waals surface area (Å²) in [5.41, 5.74) is 9.65. The molecule has 4 aromatic rings. The van der Waals surface area contributed by atoms with Crippen molar-refractivity contribution in [1.29, 1.82) is 0 Å². The van der Waals surface area contributed by atoms with Crippen molar-refractivity contribution in [2.24, 2.45) is 0 Å². The van der Waals surface area contributed by atoms with Gasteiger partial charge in [-0.1, -0.05) is 17.3 Å². The minimum atomic E-state index is -0.140. The number of phenols is 1. The molecule has 1 amide bonds. The molecule has 0 fully saturated rings. The van der Waals surface area contributed by atoms with Crippen LogP contribution in [0.4, 0.5) is 11.4 Å². The second-order valence-corrected chi connectivity index (χ2v) is 7.45. The summed E-state index contributed by atoms with van der Waals surface area (Å²) in [4.78, 5) is 13.5. The van der Waals surface area contributed by atoms with Gasteiger partial charge >= 0.3 is 0 Å². The fourth-order valence-corrected chi connectivity index (χ4v) is 3.58. The molecule has 4 rings (SSSR count). The number of rotatable bonds is 6. The van der Waals surface area contributed by atoms with E-state index in [1.807, 2.05) is 29.6 Å². The number of carbonyl (C=O) groups is 1. The predicted octanol–water partition coefficient (Wildman–Crippen LogP) is 3.85. The van der Waals surface area contributed by atoms with Gasteiger partial charge in [-0.3, -0.25) is 4.79 Å². The number of amides is 1. The molecule has 146 valence electrons. The zero-order valence-electron chi connectivity index (χ0n) is 15.4. The van der Waals surface area contributed by atoms with E-state index in [2.05, 4.69) is 15.6 Å². The first kappa shape index (κ1) is 18.7. The van der Waals surface area contributed by atoms with Crippen molar-refractivity contribution in [3.05, 3.63) is 71.9 Å². The lowest BCUT2D eigenvalue weighted by Gasteiger charge is -2.09. The lowest BCUT2D eigenvalue weighted by molar-refractivity contribution is -0.116. The van der Waals surface area contributed by atoms with Gasteiger partial charge < -0.3 is 16.2 Å². The Labute approximate surface area is 171 Å². The fraction of sp³-hybridized carbons (Fsp3) is 0.0952. The Morgan fingerprint density at radius 3 is 2.76 bits per heavy atom. The van der Waals surface area contributed by atoms with Crippen LogP contribution in [0.25, 0.3) is 16.1 Å². The Morgan fingerprint density at radius 2 is 2.00 bits per heavy atom. The molecular weight excluding hydrogens is 386 g/mol. The Kier molecular flexibility index (Phi) is 5.26. The zero-order chi connectivity index (χ0) is 20.2. The van der Waals surface area contributed by atoms with Crippen molar-refractivity contribution < 1.29 is 9.90 Å². The van der Waals surface area contributed by atoms with Crippen LogP contribution in [0.15, 0.2) is 66.2 Å². The van der Waals surface area contributed by atoms with Gasteiger partial charge in [0, 0.05) is 17.7 Å². The highest BCUT2D eigenvalue weighted by Gasteiger charge is 2.10. The molecule has 2 heterocycles. The zero-order valence-corrected chi connectivity index (χ0v) is 16.3. The maximum atomic E-state index is 12.4. The van der Waals surface area contributed by atoms with Gasteiger partial charge in [-0.2, -0.15) is 0 Å². The van der Waals surface area contributed by atoms with Crippen molar-refractivity contribution in [3.8, 4) is 21.9 Å². The first-order valence-electron chi connectivity index (χ1n) is 9.02. The van der Waals surface area contributed by atoms with Crippen molar-refractivity contribution in [2.75, 3.05) is 11.1 Å². The minimum absolute atomic E-state index is 0.140. The largest absolute Gasteiger partial charge is 0.508 e. The van der Waals surface area contributed by atoms with Crippen LogP contribution in [0, 0.1) is 0 Å². The number of nitrogens with two attached hydrogens (primary N) is 1. The molecular formula is C21H19N5O2S. The number of aryl methyl sites for hydroxylation is 1. The summed E-state index contributed by atoms with van der Waals surface area (Å²) in [5, 5.41) is 22.4. The average Bonchev–Trinajstić information content (AvgIpc) is 3.41. The molecule has 4 N–H and O–H groups in total. The van der Waals surface area contributed by atoms with Crippen LogP contribution in [0.2, 0.25) is 0 Å². The summed E-state index contributed by atoms with van der Waals surface area (Å²) in [6.45, 7) is 0. The SMILES string of the molecule is Nc1ccc(-c2cccs2)cc1NC(=O)CCc1cn(-c2ccc(O)cc2)nn1. The van der Waals surface area contributed by atoms with Crippen molar-refractivity contribution in [3.63, 3.8) is 0 Å². The number of benzene rings is 2. The van der Waals surface area contributed by atoms with E-state index in [1.165, 1.54) is 0 Å². The first-order valence-corrected chi connectivity index (χ1v) is 9.90. The molecule has 8 heteroatoms. The van der Waals surface area contributed by atoms with Gasteiger partial charge in [0.1, 0.15) is 5.75 Å². The molecule has 0 radical (unpaired) electrons. The van der Waals surface area contributed by atoms with Gasteiger partial charge in [0.15, 0.2) is 0 Å². The summed E-state index contributed by atoms with van der Waals surface area (Å²) in [6.07, 6.45) is 2.48. The van der Waals surface area contributed by atoms with E-state index in [-0.39, 0.29) is 18.1 Å². The molecule has 29 heavy (non-hydrogen) atoms. The molecule has 0 unspecified atom stereocenters. The highest BCUT2D eigenvalue weighted by Crippen LogP contribution is 2.30. The number of thiophene rings is 1. The van der Waals surface area contributed by atoms with E-state index in [0.29, 0.717) is 23.5 Å². The highest BCUT2D eigenvalue weighted by atomic mass is 32.1. The van der Waals surface area contributed by atoms with Gasteiger partial charge in [0.25, 0.3) is 0 Å². The van der Waals surface area contributed by atoms with E-state index in [9.17, 15) is 9.90 Å². The van der Waals surface area contributed by atoms with E-state index < -0.39 is 0 Å².